The lowest BCUT2D eigenvalue weighted by Crippen LogP contribution is -2.36. The maximum Gasteiger partial charge on any atom is 0.234 e. The number of carbonyl (C=O) groups is 1. The van der Waals surface area contributed by atoms with E-state index in [9.17, 15) is 9.18 Å². The van der Waals surface area contributed by atoms with E-state index in [2.05, 4.69) is 5.32 Å². The minimum Gasteiger partial charge on any atom is -0.492 e. The highest BCUT2D eigenvalue weighted by Gasteiger charge is 2.08. The lowest BCUT2D eigenvalue weighted by molar-refractivity contribution is -0.122. The van der Waals surface area contributed by atoms with Crippen molar-refractivity contribution in [3.63, 3.8) is 0 Å². The standard InChI is InChI=1S/C18H20ClFN2O2/c1-22(10-11-24-16-8-6-15(19)7-9-16)13-18(23)21-12-14-4-2-3-5-17(14)20/h2-9H,10-13H2,1H3,(H,21,23). The van der Waals surface area contributed by atoms with Crippen LogP contribution in [0.3, 0.4) is 0 Å². The van der Waals surface area contributed by atoms with Crippen LogP contribution >= 0.6 is 11.6 Å². The first-order chi connectivity index (χ1) is 11.5. The Morgan fingerprint density at radius 2 is 1.92 bits per heavy atom. The summed E-state index contributed by atoms with van der Waals surface area (Å²) in [7, 11) is 1.83. The highest BCUT2D eigenvalue weighted by Crippen LogP contribution is 2.15. The predicted octanol–water partition coefficient (Wildman–Crippen LogP) is 3.11. The molecule has 0 heterocycles. The van der Waals surface area contributed by atoms with Gasteiger partial charge in [-0.3, -0.25) is 9.69 Å². The van der Waals surface area contributed by atoms with E-state index in [0.717, 1.165) is 5.75 Å². The summed E-state index contributed by atoms with van der Waals surface area (Å²) in [5.74, 6) is 0.256. The van der Waals surface area contributed by atoms with E-state index in [-0.39, 0.29) is 24.8 Å². The zero-order valence-corrected chi connectivity index (χ0v) is 14.2. The van der Waals surface area contributed by atoms with Crippen molar-refractivity contribution in [3.05, 3.63) is 64.9 Å². The molecule has 0 atom stereocenters. The molecule has 0 aromatic heterocycles. The van der Waals surface area contributed by atoms with Gasteiger partial charge >= 0.3 is 0 Å². The summed E-state index contributed by atoms with van der Waals surface area (Å²) in [4.78, 5) is 13.7. The van der Waals surface area contributed by atoms with Gasteiger partial charge in [0, 0.05) is 23.7 Å². The third-order valence-electron chi connectivity index (χ3n) is 3.40. The maximum absolute atomic E-state index is 13.5. The summed E-state index contributed by atoms with van der Waals surface area (Å²) in [6.45, 7) is 1.45. The van der Waals surface area contributed by atoms with Gasteiger partial charge in [-0.15, -0.1) is 0 Å². The van der Waals surface area contributed by atoms with Gasteiger partial charge in [-0.05, 0) is 37.4 Å². The molecule has 0 aliphatic carbocycles. The number of ether oxygens (including phenoxy) is 1. The van der Waals surface area contributed by atoms with Gasteiger partial charge in [-0.25, -0.2) is 4.39 Å². The first-order valence-electron chi connectivity index (χ1n) is 7.61. The van der Waals surface area contributed by atoms with Crippen LogP contribution in [0.15, 0.2) is 48.5 Å². The van der Waals surface area contributed by atoms with Crippen LogP contribution in [-0.4, -0.2) is 37.6 Å². The Morgan fingerprint density at radius 1 is 1.21 bits per heavy atom. The molecule has 0 saturated heterocycles. The Balaban J connectivity index is 1.66. The Labute approximate surface area is 146 Å². The van der Waals surface area contributed by atoms with Gasteiger partial charge in [0.25, 0.3) is 0 Å². The molecule has 2 aromatic rings. The molecule has 0 radical (unpaired) electrons. The second-order valence-electron chi connectivity index (χ2n) is 5.41. The smallest absolute Gasteiger partial charge is 0.234 e. The lowest BCUT2D eigenvalue weighted by atomic mass is 10.2. The molecule has 0 bridgehead atoms. The number of hydrogen-bond donors (Lipinski definition) is 1. The molecular weight excluding hydrogens is 331 g/mol. The van der Waals surface area contributed by atoms with Crippen molar-refractivity contribution in [1.29, 1.82) is 0 Å². The van der Waals surface area contributed by atoms with E-state index >= 15 is 0 Å². The summed E-state index contributed by atoms with van der Waals surface area (Å²) in [6, 6.07) is 13.5. The van der Waals surface area contributed by atoms with Gasteiger partial charge in [-0.1, -0.05) is 29.8 Å². The highest BCUT2D eigenvalue weighted by atomic mass is 35.5. The highest BCUT2D eigenvalue weighted by molar-refractivity contribution is 6.30. The number of rotatable bonds is 8. The zero-order chi connectivity index (χ0) is 17.4. The molecule has 0 aliphatic rings. The fourth-order valence-electron chi connectivity index (χ4n) is 2.07. The minimum atomic E-state index is -0.317. The molecule has 128 valence electrons. The van der Waals surface area contributed by atoms with Gasteiger partial charge < -0.3 is 10.1 Å². The summed E-state index contributed by atoms with van der Waals surface area (Å²) in [6.07, 6.45) is 0. The first-order valence-corrected chi connectivity index (χ1v) is 7.99. The van der Waals surface area contributed by atoms with Gasteiger partial charge in [0.1, 0.15) is 18.2 Å². The van der Waals surface area contributed by atoms with Crippen molar-refractivity contribution < 1.29 is 13.9 Å². The van der Waals surface area contributed by atoms with E-state index in [1.54, 1.807) is 42.5 Å². The number of carbonyl (C=O) groups excluding carboxylic acids is 1. The summed E-state index contributed by atoms with van der Waals surface area (Å²) < 4.78 is 19.0. The van der Waals surface area contributed by atoms with E-state index < -0.39 is 0 Å². The van der Waals surface area contributed by atoms with Crippen LogP contribution in [0, 0.1) is 5.82 Å². The fourth-order valence-corrected chi connectivity index (χ4v) is 2.19. The van der Waals surface area contributed by atoms with Crippen molar-refractivity contribution in [2.45, 2.75) is 6.54 Å². The van der Waals surface area contributed by atoms with E-state index in [1.165, 1.54) is 6.07 Å². The van der Waals surface area contributed by atoms with Gasteiger partial charge in [0.05, 0.1) is 6.54 Å². The number of halogens is 2. The quantitative estimate of drug-likeness (QED) is 0.795. The molecule has 1 amide bonds. The van der Waals surface area contributed by atoms with E-state index in [4.69, 9.17) is 16.3 Å². The van der Waals surface area contributed by atoms with Crippen LogP contribution in [0.5, 0.6) is 5.75 Å². The maximum atomic E-state index is 13.5. The SMILES string of the molecule is CN(CCOc1ccc(Cl)cc1)CC(=O)NCc1ccccc1F. The molecule has 24 heavy (non-hydrogen) atoms. The number of nitrogens with zero attached hydrogens (tertiary/aromatic N) is 1. The Bertz CT molecular complexity index is 664. The average Bonchev–Trinajstić information content (AvgIpc) is 2.56. The van der Waals surface area contributed by atoms with Gasteiger partial charge in [-0.2, -0.15) is 0 Å². The van der Waals surface area contributed by atoms with Crippen LogP contribution in [0.2, 0.25) is 5.02 Å². The Hall–Kier alpha value is -2.11. The number of nitrogens with one attached hydrogen (secondary N) is 1. The Morgan fingerprint density at radius 3 is 2.62 bits per heavy atom. The lowest BCUT2D eigenvalue weighted by Gasteiger charge is -2.16. The summed E-state index contributed by atoms with van der Waals surface area (Å²) in [5.41, 5.74) is 0.472. The van der Waals surface area contributed by atoms with Crippen LogP contribution < -0.4 is 10.1 Å². The normalized spacial score (nSPS) is 10.7. The first kappa shape index (κ1) is 18.2. The molecular formula is C18H20ClFN2O2. The van der Waals surface area contributed by atoms with Crippen molar-refractivity contribution in [2.24, 2.45) is 0 Å². The molecule has 0 fully saturated rings. The molecule has 0 unspecified atom stereocenters. The van der Waals surface area contributed by atoms with Crippen LogP contribution in [0.25, 0.3) is 0 Å². The number of hydrogen-bond acceptors (Lipinski definition) is 3. The molecule has 0 saturated carbocycles. The van der Waals surface area contributed by atoms with Crippen LogP contribution in [0.4, 0.5) is 4.39 Å². The van der Waals surface area contributed by atoms with E-state index in [1.807, 2.05) is 11.9 Å². The van der Waals surface area contributed by atoms with Crippen LogP contribution in [-0.2, 0) is 11.3 Å². The van der Waals surface area contributed by atoms with Crippen molar-refractivity contribution >= 4 is 17.5 Å². The second-order valence-corrected chi connectivity index (χ2v) is 5.84. The topological polar surface area (TPSA) is 41.6 Å². The predicted molar refractivity (Wildman–Crippen MR) is 92.7 cm³/mol. The number of amides is 1. The van der Waals surface area contributed by atoms with Gasteiger partial charge in [0.15, 0.2) is 0 Å². The zero-order valence-electron chi connectivity index (χ0n) is 13.5. The minimum absolute atomic E-state index is 0.160. The summed E-state index contributed by atoms with van der Waals surface area (Å²) >= 11 is 5.81. The molecule has 2 rings (SSSR count). The van der Waals surface area contributed by atoms with Crippen molar-refractivity contribution in [1.82, 2.24) is 10.2 Å². The molecule has 0 aliphatic heterocycles. The third-order valence-corrected chi connectivity index (χ3v) is 3.65. The third kappa shape index (κ3) is 6.18. The molecule has 6 heteroatoms. The van der Waals surface area contributed by atoms with Gasteiger partial charge in [0.2, 0.25) is 5.91 Å². The largest absolute Gasteiger partial charge is 0.492 e. The monoisotopic (exact) mass is 350 g/mol. The Kier molecular flexibility index (Phi) is 7.03. The molecule has 0 spiro atoms. The molecule has 4 nitrogen and oxygen atoms in total. The second kappa shape index (κ2) is 9.25. The molecule has 2 aromatic carbocycles. The number of benzene rings is 2. The fraction of sp³-hybridized carbons (Fsp3) is 0.278. The summed E-state index contributed by atoms with van der Waals surface area (Å²) in [5, 5.41) is 3.37. The average molecular weight is 351 g/mol. The molecule has 1 N–H and O–H groups in total. The van der Waals surface area contributed by atoms with E-state index in [0.29, 0.717) is 23.7 Å². The van der Waals surface area contributed by atoms with Crippen LogP contribution in [0.1, 0.15) is 5.56 Å². The van der Waals surface area contributed by atoms with Crippen molar-refractivity contribution in [3.8, 4) is 5.75 Å². The van der Waals surface area contributed by atoms with Crippen molar-refractivity contribution in [2.75, 3.05) is 26.7 Å². The number of likely N-dealkylation sites (N-methyl/N-ethyl adjacent to an activating group) is 1.